The van der Waals surface area contributed by atoms with E-state index in [1.807, 2.05) is 0 Å². The van der Waals surface area contributed by atoms with Crippen LogP contribution in [0.15, 0.2) is 30.3 Å². The zero-order valence-corrected chi connectivity index (χ0v) is 10.2. The Hall–Kier alpha value is -2.17. The minimum Gasteiger partial charge on any atom is -0.370 e. The third kappa shape index (κ3) is 4.78. The second-order valence-electron chi connectivity index (χ2n) is 4.11. The summed E-state index contributed by atoms with van der Waals surface area (Å²) in [6, 6.07) is 8.04. The maximum Gasteiger partial charge on any atom is 0.251 e. The molecule has 3 N–H and O–H groups in total. The molecule has 0 heterocycles. The van der Waals surface area contributed by atoms with Crippen LogP contribution in [-0.4, -0.2) is 23.6 Å². The molecule has 0 aromatic heterocycles. The fourth-order valence-corrected chi connectivity index (χ4v) is 1.62. The van der Waals surface area contributed by atoms with Crippen LogP contribution in [0.3, 0.4) is 0 Å². The van der Waals surface area contributed by atoms with Crippen LogP contribution in [0.25, 0.3) is 0 Å². The maximum atomic E-state index is 11.8. The van der Waals surface area contributed by atoms with Crippen LogP contribution in [0.5, 0.6) is 0 Å². The van der Waals surface area contributed by atoms with Gasteiger partial charge in [-0.3, -0.25) is 14.4 Å². The van der Waals surface area contributed by atoms with Gasteiger partial charge in [-0.2, -0.15) is 0 Å². The molecule has 0 spiro atoms. The van der Waals surface area contributed by atoms with Gasteiger partial charge in [0.25, 0.3) is 5.91 Å². The summed E-state index contributed by atoms with van der Waals surface area (Å²) in [4.78, 5) is 33.8. The quantitative estimate of drug-likeness (QED) is 0.774. The van der Waals surface area contributed by atoms with Gasteiger partial charge >= 0.3 is 0 Å². The highest BCUT2D eigenvalue weighted by molar-refractivity contribution is 5.95. The highest BCUT2D eigenvalue weighted by Crippen LogP contribution is 2.03. The van der Waals surface area contributed by atoms with Crippen molar-refractivity contribution in [3.63, 3.8) is 0 Å². The molecule has 5 heteroatoms. The Kier molecular flexibility index (Phi) is 5.05. The summed E-state index contributed by atoms with van der Waals surface area (Å²) in [6.45, 7) is 1.41. The van der Waals surface area contributed by atoms with Crippen LogP contribution in [-0.2, 0) is 9.59 Å². The molecular weight excluding hydrogens is 232 g/mol. The van der Waals surface area contributed by atoms with E-state index in [9.17, 15) is 14.4 Å². The maximum absolute atomic E-state index is 11.8. The molecule has 1 aromatic carbocycles. The number of amides is 2. The fraction of sp³-hybridized carbons (Fsp3) is 0.308. The number of ketones is 1. The van der Waals surface area contributed by atoms with Crippen molar-refractivity contribution < 1.29 is 14.4 Å². The second kappa shape index (κ2) is 6.54. The average molecular weight is 248 g/mol. The van der Waals surface area contributed by atoms with Crippen LogP contribution in [0.2, 0.25) is 0 Å². The smallest absolute Gasteiger partial charge is 0.251 e. The van der Waals surface area contributed by atoms with Crippen molar-refractivity contribution in [1.29, 1.82) is 0 Å². The van der Waals surface area contributed by atoms with Crippen molar-refractivity contribution in [3.8, 4) is 0 Å². The molecule has 2 amide bonds. The van der Waals surface area contributed by atoms with Gasteiger partial charge in [-0.15, -0.1) is 0 Å². The van der Waals surface area contributed by atoms with Crippen molar-refractivity contribution >= 4 is 17.6 Å². The van der Waals surface area contributed by atoms with Crippen LogP contribution >= 0.6 is 0 Å². The van der Waals surface area contributed by atoms with Crippen molar-refractivity contribution in [3.05, 3.63) is 35.9 Å². The van der Waals surface area contributed by atoms with Gasteiger partial charge in [0.15, 0.2) is 0 Å². The molecule has 0 radical (unpaired) electrons. The fourth-order valence-electron chi connectivity index (χ4n) is 1.62. The number of hydrogen-bond donors (Lipinski definition) is 2. The van der Waals surface area contributed by atoms with Crippen LogP contribution in [0, 0.1) is 0 Å². The predicted octanol–water partition coefficient (Wildman–Crippen LogP) is 0.640. The molecule has 0 saturated heterocycles. The summed E-state index contributed by atoms with van der Waals surface area (Å²) in [6.07, 6.45) is 0.0552. The summed E-state index contributed by atoms with van der Waals surface area (Å²) in [5.41, 5.74) is 5.56. The molecule has 96 valence electrons. The zero-order valence-electron chi connectivity index (χ0n) is 10.2. The Balaban J connectivity index is 2.68. The monoisotopic (exact) mass is 248 g/mol. The zero-order chi connectivity index (χ0) is 13.5. The molecule has 1 atom stereocenters. The van der Waals surface area contributed by atoms with Crippen molar-refractivity contribution in [2.45, 2.75) is 25.8 Å². The van der Waals surface area contributed by atoms with E-state index >= 15 is 0 Å². The Morgan fingerprint density at radius 2 is 1.78 bits per heavy atom. The number of nitrogens with one attached hydrogen (secondary N) is 1. The number of primary amides is 1. The first-order valence-electron chi connectivity index (χ1n) is 5.62. The van der Waals surface area contributed by atoms with Gasteiger partial charge in [0.1, 0.15) is 5.78 Å². The lowest BCUT2D eigenvalue weighted by atomic mass is 10.1. The van der Waals surface area contributed by atoms with E-state index in [0.717, 1.165) is 0 Å². The summed E-state index contributed by atoms with van der Waals surface area (Å²) in [5.74, 6) is -0.965. The standard InChI is InChI=1S/C13H16N2O3/c1-9(16)7-11(8-12(14)17)15-13(18)10-5-3-2-4-6-10/h2-6,11H,7-8H2,1H3,(H2,14,17)(H,15,18)/t11-/m1/s1. The third-order valence-corrected chi connectivity index (χ3v) is 2.35. The van der Waals surface area contributed by atoms with Crippen molar-refractivity contribution in [2.75, 3.05) is 0 Å². The largest absolute Gasteiger partial charge is 0.370 e. The molecule has 5 nitrogen and oxygen atoms in total. The molecule has 0 bridgehead atoms. The second-order valence-corrected chi connectivity index (χ2v) is 4.11. The first-order valence-corrected chi connectivity index (χ1v) is 5.62. The van der Waals surface area contributed by atoms with E-state index in [-0.39, 0.29) is 24.5 Å². The first kappa shape index (κ1) is 13.9. The highest BCUT2D eigenvalue weighted by atomic mass is 16.2. The van der Waals surface area contributed by atoms with E-state index in [0.29, 0.717) is 5.56 Å². The van der Waals surface area contributed by atoms with Gasteiger partial charge in [0, 0.05) is 24.4 Å². The lowest BCUT2D eigenvalue weighted by molar-refractivity contribution is -0.119. The molecule has 1 rings (SSSR count). The summed E-state index contributed by atoms with van der Waals surface area (Å²) in [7, 11) is 0. The molecule has 18 heavy (non-hydrogen) atoms. The average Bonchev–Trinajstić information content (AvgIpc) is 2.28. The number of hydrogen-bond acceptors (Lipinski definition) is 3. The number of Topliss-reactive ketones (excluding diaryl/α,β-unsaturated/α-hetero) is 1. The number of rotatable bonds is 6. The number of nitrogens with two attached hydrogens (primary N) is 1. The molecule has 1 aromatic rings. The van der Waals surface area contributed by atoms with Gasteiger partial charge in [-0.25, -0.2) is 0 Å². The lowest BCUT2D eigenvalue weighted by Gasteiger charge is -2.15. The first-order chi connectivity index (χ1) is 8.49. The molecule has 0 aliphatic rings. The van der Waals surface area contributed by atoms with Gasteiger partial charge in [-0.1, -0.05) is 18.2 Å². The minimum absolute atomic E-state index is 0.0435. The SMILES string of the molecule is CC(=O)C[C@H](CC(N)=O)NC(=O)c1ccccc1. The third-order valence-electron chi connectivity index (χ3n) is 2.35. The Labute approximate surface area is 105 Å². The topological polar surface area (TPSA) is 89.3 Å². The van der Waals surface area contributed by atoms with Gasteiger partial charge in [-0.05, 0) is 19.1 Å². The molecular formula is C13H16N2O3. The number of carbonyl (C=O) groups excluding carboxylic acids is 3. The predicted molar refractivity (Wildman–Crippen MR) is 66.8 cm³/mol. The Morgan fingerprint density at radius 3 is 2.28 bits per heavy atom. The van der Waals surface area contributed by atoms with E-state index in [4.69, 9.17) is 5.73 Å². The van der Waals surface area contributed by atoms with E-state index in [2.05, 4.69) is 5.32 Å². The molecule has 0 aliphatic carbocycles. The van der Waals surface area contributed by atoms with Crippen LogP contribution < -0.4 is 11.1 Å². The van der Waals surface area contributed by atoms with Crippen LogP contribution in [0.1, 0.15) is 30.1 Å². The van der Waals surface area contributed by atoms with Crippen LogP contribution in [0.4, 0.5) is 0 Å². The Bertz CT molecular complexity index is 427. The van der Waals surface area contributed by atoms with E-state index < -0.39 is 11.9 Å². The summed E-state index contributed by atoms with van der Waals surface area (Å²) >= 11 is 0. The number of benzene rings is 1. The number of carbonyl (C=O) groups is 3. The van der Waals surface area contributed by atoms with Gasteiger partial charge in [0.2, 0.25) is 5.91 Å². The van der Waals surface area contributed by atoms with E-state index in [1.165, 1.54) is 6.92 Å². The van der Waals surface area contributed by atoms with E-state index in [1.54, 1.807) is 30.3 Å². The lowest BCUT2D eigenvalue weighted by Crippen LogP contribution is -2.39. The van der Waals surface area contributed by atoms with Gasteiger partial charge in [0.05, 0.1) is 0 Å². The van der Waals surface area contributed by atoms with Gasteiger partial charge < -0.3 is 11.1 Å². The summed E-state index contributed by atoms with van der Waals surface area (Å²) < 4.78 is 0. The highest BCUT2D eigenvalue weighted by Gasteiger charge is 2.17. The minimum atomic E-state index is -0.548. The van der Waals surface area contributed by atoms with Crippen molar-refractivity contribution in [2.24, 2.45) is 5.73 Å². The van der Waals surface area contributed by atoms with Crippen molar-refractivity contribution in [1.82, 2.24) is 5.32 Å². The molecule has 0 saturated carbocycles. The Morgan fingerprint density at radius 1 is 1.17 bits per heavy atom. The molecule has 0 fully saturated rings. The summed E-state index contributed by atoms with van der Waals surface area (Å²) in [5, 5.41) is 2.64. The molecule has 0 aliphatic heterocycles. The molecule has 0 unspecified atom stereocenters. The normalized spacial score (nSPS) is 11.6.